The molecule has 4 nitrogen and oxygen atoms in total. The van der Waals surface area contributed by atoms with Gasteiger partial charge in [0.05, 0.1) is 11.3 Å². The first-order valence-corrected chi connectivity index (χ1v) is 7.24. The fourth-order valence-electron chi connectivity index (χ4n) is 2.65. The van der Waals surface area contributed by atoms with Gasteiger partial charge in [0.25, 0.3) is 5.91 Å². The van der Waals surface area contributed by atoms with Crippen LogP contribution in [-0.2, 0) is 0 Å². The third-order valence-corrected chi connectivity index (χ3v) is 3.55. The van der Waals surface area contributed by atoms with Gasteiger partial charge < -0.3 is 10.2 Å². The number of hydrogen-bond acceptors (Lipinski definition) is 3. The predicted molar refractivity (Wildman–Crippen MR) is 82.9 cm³/mol. The minimum absolute atomic E-state index is 0.0636. The maximum absolute atomic E-state index is 12.8. The van der Waals surface area contributed by atoms with Crippen molar-refractivity contribution in [3.8, 4) is 0 Å². The third-order valence-electron chi connectivity index (χ3n) is 3.55. The standard InChI is InChI=1S/C17H19N3O/c1-12(2)11-20-16(15-9-5-6-10-18-15)19-14-8-4-3-7-13(14)17(20)21/h3-10,12,16,19H,11H2,1-2H3. The van der Waals surface area contributed by atoms with E-state index in [9.17, 15) is 4.79 Å². The Morgan fingerprint density at radius 2 is 1.95 bits per heavy atom. The summed E-state index contributed by atoms with van der Waals surface area (Å²) in [6.07, 6.45) is 1.55. The maximum Gasteiger partial charge on any atom is 0.257 e. The molecule has 2 aromatic rings. The lowest BCUT2D eigenvalue weighted by Crippen LogP contribution is -2.44. The first-order chi connectivity index (χ1) is 10.2. The van der Waals surface area contributed by atoms with Crippen LogP contribution in [0.25, 0.3) is 0 Å². The van der Waals surface area contributed by atoms with Crippen LogP contribution in [-0.4, -0.2) is 22.3 Å². The number of nitrogens with zero attached hydrogens (tertiary/aromatic N) is 2. The zero-order chi connectivity index (χ0) is 14.8. The van der Waals surface area contributed by atoms with Gasteiger partial charge in [-0.15, -0.1) is 0 Å². The van der Waals surface area contributed by atoms with Crippen molar-refractivity contribution >= 4 is 11.6 Å². The Balaban J connectivity index is 2.03. The molecule has 1 atom stereocenters. The summed E-state index contributed by atoms with van der Waals surface area (Å²) < 4.78 is 0. The smallest absolute Gasteiger partial charge is 0.257 e. The number of anilines is 1. The van der Waals surface area contributed by atoms with Crippen LogP contribution in [0.4, 0.5) is 5.69 Å². The monoisotopic (exact) mass is 281 g/mol. The van der Waals surface area contributed by atoms with E-state index in [0.29, 0.717) is 12.5 Å². The Morgan fingerprint density at radius 1 is 1.19 bits per heavy atom. The Labute approximate surface area is 124 Å². The number of benzene rings is 1. The molecule has 21 heavy (non-hydrogen) atoms. The van der Waals surface area contributed by atoms with E-state index in [1.807, 2.05) is 47.4 Å². The Morgan fingerprint density at radius 3 is 2.67 bits per heavy atom. The van der Waals surface area contributed by atoms with Crippen molar-refractivity contribution in [2.24, 2.45) is 5.92 Å². The minimum Gasteiger partial charge on any atom is -0.359 e. The summed E-state index contributed by atoms with van der Waals surface area (Å²) in [6.45, 7) is 4.92. The number of fused-ring (bicyclic) bond motifs is 1. The van der Waals surface area contributed by atoms with Crippen LogP contribution in [0.1, 0.15) is 36.1 Å². The van der Waals surface area contributed by atoms with Gasteiger partial charge in [0.15, 0.2) is 0 Å². The van der Waals surface area contributed by atoms with Crippen molar-refractivity contribution in [3.05, 3.63) is 59.9 Å². The topological polar surface area (TPSA) is 45.2 Å². The molecule has 0 spiro atoms. The normalized spacial score (nSPS) is 17.6. The Bertz CT molecular complexity index is 639. The molecule has 108 valence electrons. The van der Waals surface area contributed by atoms with E-state index in [1.165, 1.54) is 0 Å². The van der Waals surface area contributed by atoms with Crippen molar-refractivity contribution in [2.45, 2.75) is 20.0 Å². The van der Waals surface area contributed by atoms with Gasteiger partial charge in [0, 0.05) is 18.4 Å². The lowest BCUT2D eigenvalue weighted by atomic mass is 10.0. The molecule has 0 fully saturated rings. The second-order valence-corrected chi connectivity index (χ2v) is 5.70. The quantitative estimate of drug-likeness (QED) is 0.939. The molecule has 1 aliphatic rings. The number of hydrogen-bond donors (Lipinski definition) is 1. The summed E-state index contributed by atoms with van der Waals surface area (Å²) in [4.78, 5) is 19.1. The summed E-state index contributed by atoms with van der Waals surface area (Å²) in [6, 6.07) is 13.4. The molecule has 2 heterocycles. The highest BCUT2D eigenvalue weighted by Gasteiger charge is 2.33. The molecule has 3 rings (SSSR count). The van der Waals surface area contributed by atoms with Crippen molar-refractivity contribution < 1.29 is 4.79 Å². The van der Waals surface area contributed by atoms with Crippen LogP contribution in [0.2, 0.25) is 0 Å². The summed E-state index contributed by atoms with van der Waals surface area (Å²) in [5.41, 5.74) is 2.46. The predicted octanol–water partition coefficient (Wildman–Crippen LogP) is 3.30. The molecule has 0 saturated carbocycles. The van der Waals surface area contributed by atoms with Gasteiger partial charge in [-0.2, -0.15) is 0 Å². The van der Waals surface area contributed by atoms with Gasteiger partial charge >= 0.3 is 0 Å². The number of carbonyl (C=O) groups is 1. The van der Waals surface area contributed by atoms with Gasteiger partial charge in [-0.05, 0) is 30.2 Å². The molecule has 1 amide bonds. The summed E-state index contributed by atoms with van der Waals surface area (Å²) >= 11 is 0. The third kappa shape index (κ3) is 2.61. The fourth-order valence-corrected chi connectivity index (χ4v) is 2.65. The number of amides is 1. The molecule has 1 aliphatic heterocycles. The summed E-state index contributed by atoms with van der Waals surface area (Å²) in [5, 5.41) is 3.44. The zero-order valence-corrected chi connectivity index (χ0v) is 12.3. The molecule has 4 heteroatoms. The van der Waals surface area contributed by atoms with E-state index in [2.05, 4.69) is 24.1 Å². The molecule has 0 radical (unpaired) electrons. The molecule has 0 saturated heterocycles. The average molecular weight is 281 g/mol. The van der Waals surface area contributed by atoms with Crippen molar-refractivity contribution in [1.29, 1.82) is 0 Å². The first-order valence-electron chi connectivity index (χ1n) is 7.24. The number of nitrogens with one attached hydrogen (secondary N) is 1. The molecule has 1 aromatic heterocycles. The van der Waals surface area contributed by atoms with E-state index < -0.39 is 0 Å². The van der Waals surface area contributed by atoms with Gasteiger partial charge in [-0.1, -0.05) is 32.0 Å². The summed E-state index contributed by atoms with van der Waals surface area (Å²) in [5.74, 6) is 0.459. The average Bonchev–Trinajstić information content (AvgIpc) is 2.50. The van der Waals surface area contributed by atoms with E-state index in [1.54, 1.807) is 6.20 Å². The van der Waals surface area contributed by atoms with Gasteiger partial charge in [0.1, 0.15) is 6.17 Å². The highest BCUT2D eigenvalue weighted by Crippen LogP contribution is 2.32. The molecule has 0 bridgehead atoms. The number of aromatic nitrogens is 1. The van der Waals surface area contributed by atoms with E-state index in [4.69, 9.17) is 0 Å². The molecule has 1 N–H and O–H groups in total. The van der Waals surface area contributed by atoms with E-state index in [0.717, 1.165) is 16.9 Å². The fraction of sp³-hybridized carbons (Fsp3) is 0.294. The lowest BCUT2D eigenvalue weighted by molar-refractivity contribution is 0.0654. The van der Waals surface area contributed by atoms with Crippen molar-refractivity contribution in [2.75, 3.05) is 11.9 Å². The van der Waals surface area contributed by atoms with Crippen LogP contribution in [0.15, 0.2) is 48.7 Å². The van der Waals surface area contributed by atoms with Gasteiger partial charge in [0.2, 0.25) is 0 Å². The Kier molecular flexibility index (Phi) is 3.60. The molecular weight excluding hydrogens is 262 g/mol. The van der Waals surface area contributed by atoms with Crippen LogP contribution in [0.5, 0.6) is 0 Å². The molecule has 0 aliphatic carbocycles. The van der Waals surface area contributed by atoms with Crippen LogP contribution < -0.4 is 5.32 Å². The second-order valence-electron chi connectivity index (χ2n) is 5.70. The number of para-hydroxylation sites is 1. The van der Waals surface area contributed by atoms with Gasteiger partial charge in [-0.3, -0.25) is 9.78 Å². The van der Waals surface area contributed by atoms with Crippen molar-refractivity contribution in [3.63, 3.8) is 0 Å². The second kappa shape index (κ2) is 5.56. The van der Waals surface area contributed by atoms with Crippen molar-refractivity contribution in [1.82, 2.24) is 9.88 Å². The minimum atomic E-state index is -0.212. The highest BCUT2D eigenvalue weighted by molar-refractivity contribution is 6.01. The molecule has 1 unspecified atom stereocenters. The maximum atomic E-state index is 12.8. The Hall–Kier alpha value is -2.36. The molecule has 1 aromatic carbocycles. The largest absolute Gasteiger partial charge is 0.359 e. The number of carbonyl (C=O) groups excluding carboxylic acids is 1. The summed E-state index contributed by atoms with van der Waals surface area (Å²) in [7, 11) is 0. The van der Waals surface area contributed by atoms with Gasteiger partial charge in [-0.25, -0.2) is 0 Å². The molecular formula is C17H19N3O. The lowest BCUT2D eigenvalue weighted by Gasteiger charge is -2.38. The highest BCUT2D eigenvalue weighted by atomic mass is 16.2. The first kappa shape index (κ1) is 13.6. The SMILES string of the molecule is CC(C)CN1C(=O)c2ccccc2NC1c1ccccn1. The van der Waals surface area contributed by atoms with E-state index >= 15 is 0 Å². The number of pyridine rings is 1. The van der Waals surface area contributed by atoms with Crippen LogP contribution in [0, 0.1) is 5.92 Å². The van der Waals surface area contributed by atoms with E-state index in [-0.39, 0.29) is 12.1 Å². The van der Waals surface area contributed by atoms with Crippen LogP contribution >= 0.6 is 0 Å². The zero-order valence-electron chi connectivity index (χ0n) is 12.3. The number of rotatable bonds is 3. The van der Waals surface area contributed by atoms with Crippen LogP contribution in [0.3, 0.4) is 0 Å².